The molecule has 142 valence electrons. The molecule has 2 aromatic rings. The van der Waals surface area contributed by atoms with Gasteiger partial charge in [0.2, 0.25) is 5.91 Å². The SMILES string of the molecule is O=C(OCc1ccc([N+](=O)[O-])cc1)C1=C(Cc2ccccc2)S[C@@H]2CC(=O)N12. The number of fused-ring (bicyclic) bond motifs is 1. The first-order valence-corrected chi connectivity index (χ1v) is 9.57. The van der Waals surface area contributed by atoms with Crippen LogP contribution in [0.1, 0.15) is 17.5 Å². The molecule has 8 heteroatoms. The zero-order chi connectivity index (χ0) is 19.7. The molecule has 0 bridgehead atoms. The Labute approximate surface area is 165 Å². The molecule has 1 atom stereocenters. The number of esters is 1. The van der Waals surface area contributed by atoms with Crippen molar-refractivity contribution < 1.29 is 19.2 Å². The average Bonchev–Trinajstić information content (AvgIpc) is 2.99. The molecule has 0 aromatic heterocycles. The van der Waals surface area contributed by atoms with Gasteiger partial charge in [0.25, 0.3) is 5.69 Å². The molecule has 0 aliphatic carbocycles. The number of nitrogens with zero attached hydrogens (tertiary/aromatic N) is 2. The summed E-state index contributed by atoms with van der Waals surface area (Å²) in [6, 6.07) is 15.6. The van der Waals surface area contributed by atoms with Crippen LogP contribution in [-0.2, 0) is 27.4 Å². The highest BCUT2D eigenvalue weighted by atomic mass is 32.2. The number of nitro groups is 1. The van der Waals surface area contributed by atoms with Gasteiger partial charge in [-0.1, -0.05) is 30.3 Å². The summed E-state index contributed by atoms with van der Waals surface area (Å²) in [7, 11) is 0. The van der Waals surface area contributed by atoms with Crippen molar-refractivity contribution in [1.29, 1.82) is 0 Å². The highest BCUT2D eigenvalue weighted by molar-refractivity contribution is 8.04. The topological polar surface area (TPSA) is 89.7 Å². The van der Waals surface area contributed by atoms with Crippen LogP contribution in [0.5, 0.6) is 0 Å². The minimum atomic E-state index is -0.549. The van der Waals surface area contributed by atoms with Gasteiger partial charge in [-0.05, 0) is 23.3 Å². The molecule has 0 saturated carbocycles. The van der Waals surface area contributed by atoms with Gasteiger partial charge in [0.05, 0.1) is 16.7 Å². The number of rotatable bonds is 6. The molecule has 0 spiro atoms. The fraction of sp³-hybridized carbons (Fsp3) is 0.200. The highest BCUT2D eigenvalue weighted by Gasteiger charge is 2.48. The van der Waals surface area contributed by atoms with Crippen LogP contribution < -0.4 is 0 Å². The highest BCUT2D eigenvalue weighted by Crippen LogP contribution is 2.47. The fourth-order valence-electron chi connectivity index (χ4n) is 3.15. The van der Waals surface area contributed by atoms with E-state index in [2.05, 4.69) is 0 Å². The smallest absolute Gasteiger partial charge is 0.356 e. The molecule has 7 nitrogen and oxygen atoms in total. The molecule has 2 aromatic carbocycles. The first-order chi connectivity index (χ1) is 13.5. The Morgan fingerprint density at radius 2 is 1.86 bits per heavy atom. The van der Waals surface area contributed by atoms with E-state index in [0.717, 1.165) is 10.5 Å². The molecule has 1 fully saturated rings. The van der Waals surface area contributed by atoms with Crippen LogP contribution in [-0.4, -0.2) is 27.1 Å². The zero-order valence-electron chi connectivity index (χ0n) is 14.7. The van der Waals surface area contributed by atoms with Crippen LogP contribution in [0.2, 0.25) is 0 Å². The molecular weight excluding hydrogens is 380 g/mol. The Balaban J connectivity index is 1.50. The molecule has 1 amide bonds. The average molecular weight is 396 g/mol. The number of nitro benzene ring substituents is 1. The van der Waals surface area contributed by atoms with E-state index >= 15 is 0 Å². The molecule has 28 heavy (non-hydrogen) atoms. The number of carbonyl (C=O) groups excluding carboxylic acids is 2. The lowest BCUT2D eigenvalue weighted by molar-refractivity contribution is -0.384. The van der Waals surface area contributed by atoms with Gasteiger partial charge in [-0.2, -0.15) is 0 Å². The Hall–Kier alpha value is -3.13. The number of hydrogen-bond acceptors (Lipinski definition) is 6. The summed E-state index contributed by atoms with van der Waals surface area (Å²) in [5.74, 6) is -0.629. The van der Waals surface area contributed by atoms with Gasteiger partial charge >= 0.3 is 5.97 Å². The fourth-order valence-corrected chi connectivity index (χ4v) is 4.58. The number of β-lactam (4-membered cyclic amide) rings is 1. The van der Waals surface area contributed by atoms with E-state index in [0.29, 0.717) is 24.1 Å². The lowest BCUT2D eigenvalue weighted by Crippen LogP contribution is -2.48. The van der Waals surface area contributed by atoms with Crippen molar-refractivity contribution in [3.8, 4) is 0 Å². The van der Waals surface area contributed by atoms with E-state index in [-0.39, 0.29) is 23.6 Å². The van der Waals surface area contributed by atoms with E-state index in [1.807, 2.05) is 30.3 Å². The largest absolute Gasteiger partial charge is 0.456 e. The van der Waals surface area contributed by atoms with Gasteiger partial charge < -0.3 is 4.74 Å². The molecule has 2 aliphatic heterocycles. The van der Waals surface area contributed by atoms with Gasteiger partial charge in [-0.15, -0.1) is 11.8 Å². The molecule has 2 aliphatic rings. The first kappa shape index (κ1) is 18.2. The second-order valence-electron chi connectivity index (χ2n) is 6.47. The number of non-ortho nitro benzene ring substituents is 1. The van der Waals surface area contributed by atoms with Gasteiger partial charge in [-0.25, -0.2) is 4.79 Å². The maximum atomic E-state index is 12.7. The number of ether oxygens (including phenoxy) is 1. The standard InChI is InChI=1S/C20H16N2O5S/c23-17-11-18-21(17)19(16(28-18)10-13-4-2-1-3-5-13)20(24)27-12-14-6-8-15(9-7-14)22(25)26/h1-9,18H,10-12H2/t18-/m1/s1. The Bertz CT molecular complexity index is 972. The molecule has 0 unspecified atom stereocenters. The number of benzene rings is 2. The van der Waals surface area contributed by atoms with E-state index in [4.69, 9.17) is 4.74 Å². The molecule has 1 saturated heterocycles. The summed E-state index contributed by atoms with van der Waals surface area (Å²) in [5.41, 5.74) is 1.99. The maximum Gasteiger partial charge on any atom is 0.356 e. The minimum Gasteiger partial charge on any atom is -0.456 e. The van der Waals surface area contributed by atoms with Crippen molar-refractivity contribution in [2.45, 2.75) is 24.8 Å². The molecule has 0 radical (unpaired) electrons. The third-order valence-electron chi connectivity index (χ3n) is 4.61. The molecule has 4 rings (SSSR count). The van der Waals surface area contributed by atoms with Crippen molar-refractivity contribution in [1.82, 2.24) is 4.90 Å². The summed E-state index contributed by atoms with van der Waals surface area (Å²) in [6.45, 7) is -0.0176. The summed E-state index contributed by atoms with van der Waals surface area (Å²) in [6.07, 6.45) is 0.982. The quantitative estimate of drug-likeness (QED) is 0.322. The number of amides is 1. The number of thioether (sulfide) groups is 1. The maximum absolute atomic E-state index is 12.7. The molecule has 2 heterocycles. The van der Waals surface area contributed by atoms with Crippen molar-refractivity contribution in [3.05, 3.63) is 86.4 Å². The van der Waals surface area contributed by atoms with E-state index in [1.54, 1.807) is 12.1 Å². The van der Waals surface area contributed by atoms with Crippen LogP contribution in [0.3, 0.4) is 0 Å². The summed E-state index contributed by atoms with van der Waals surface area (Å²) in [5, 5.41) is 10.7. The van der Waals surface area contributed by atoms with Crippen molar-refractivity contribution in [3.63, 3.8) is 0 Å². The van der Waals surface area contributed by atoms with Gasteiger partial charge in [0.1, 0.15) is 12.3 Å². The van der Waals surface area contributed by atoms with E-state index < -0.39 is 10.9 Å². The molecular formula is C20H16N2O5S. The number of hydrogen-bond donors (Lipinski definition) is 0. The third-order valence-corrected chi connectivity index (χ3v) is 5.88. The molecule has 0 N–H and O–H groups in total. The second kappa shape index (κ2) is 7.47. The van der Waals surface area contributed by atoms with Crippen LogP contribution in [0.4, 0.5) is 5.69 Å². The lowest BCUT2D eigenvalue weighted by Gasteiger charge is -2.34. The van der Waals surface area contributed by atoms with Crippen LogP contribution >= 0.6 is 11.8 Å². The monoisotopic (exact) mass is 396 g/mol. The summed E-state index contributed by atoms with van der Waals surface area (Å²) in [4.78, 5) is 37.3. The zero-order valence-corrected chi connectivity index (χ0v) is 15.6. The third kappa shape index (κ3) is 3.50. The van der Waals surface area contributed by atoms with Gasteiger partial charge in [0, 0.05) is 23.5 Å². The number of carbonyl (C=O) groups is 2. The second-order valence-corrected chi connectivity index (χ2v) is 7.75. The predicted octanol–water partition coefficient (Wildman–Crippen LogP) is 3.40. The van der Waals surface area contributed by atoms with Crippen LogP contribution in [0.25, 0.3) is 0 Å². The first-order valence-electron chi connectivity index (χ1n) is 8.69. The van der Waals surface area contributed by atoms with Crippen molar-refractivity contribution >= 4 is 29.3 Å². The Morgan fingerprint density at radius 1 is 1.14 bits per heavy atom. The van der Waals surface area contributed by atoms with E-state index in [9.17, 15) is 19.7 Å². The van der Waals surface area contributed by atoms with Crippen molar-refractivity contribution in [2.75, 3.05) is 0 Å². The number of allylic oxidation sites excluding steroid dienone is 1. The van der Waals surface area contributed by atoms with Crippen LogP contribution in [0, 0.1) is 10.1 Å². The minimum absolute atomic E-state index is 0.0176. The normalized spacial score (nSPS) is 17.9. The van der Waals surface area contributed by atoms with Gasteiger partial charge in [0.15, 0.2) is 0 Å². The van der Waals surface area contributed by atoms with Crippen molar-refractivity contribution in [2.24, 2.45) is 0 Å². The lowest BCUT2D eigenvalue weighted by atomic mass is 10.1. The Morgan fingerprint density at radius 3 is 2.50 bits per heavy atom. The predicted molar refractivity (Wildman–Crippen MR) is 103 cm³/mol. The summed E-state index contributed by atoms with van der Waals surface area (Å²) < 4.78 is 5.41. The van der Waals surface area contributed by atoms with E-state index in [1.165, 1.54) is 28.8 Å². The van der Waals surface area contributed by atoms with Crippen LogP contribution in [0.15, 0.2) is 65.2 Å². The summed E-state index contributed by atoms with van der Waals surface area (Å²) >= 11 is 1.53. The Kier molecular flexibility index (Phi) is 4.87. The van der Waals surface area contributed by atoms with Gasteiger partial charge in [-0.3, -0.25) is 19.8 Å².